The molecule has 7 nitrogen and oxygen atoms in total. The number of benzene rings is 2. The molecular formula is C32H44N4O3Si. The molecule has 2 aromatic heterocycles. The van der Waals surface area contributed by atoms with Crippen LogP contribution in [-0.2, 0) is 30.9 Å². The first-order valence-electron chi connectivity index (χ1n) is 14.2. The van der Waals surface area contributed by atoms with Crippen molar-refractivity contribution in [2.45, 2.75) is 77.2 Å². The topological polar surface area (TPSA) is 84.3 Å². The molecule has 1 amide bonds. The molecule has 1 atom stereocenters. The van der Waals surface area contributed by atoms with Gasteiger partial charge in [0, 0.05) is 36.4 Å². The highest BCUT2D eigenvalue weighted by Crippen LogP contribution is 2.38. The van der Waals surface area contributed by atoms with Gasteiger partial charge < -0.3 is 24.0 Å². The van der Waals surface area contributed by atoms with Gasteiger partial charge >= 0.3 is 0 Å². The summed E-state index contributed by atoms with van der Waals surface area (Å²) in [5, 5.41) is 1.30. The number of fused-ring (bicyclic) bond motifs is 1. The lowest BCUT2D eigenvalue weighted by atomic mass is 10.1. The van der Waals surface area contributed by atoms with Crippen LogP contribution in [0.25, 0.3) is 10.9 Å². The molecule has 214 valence electrons. The minimum atomic E-state index is -1.99. The zero-order chi connectivity index (χ0) is 28.9. The van der Waals surface area contributed by atoms with Crippen LogP contribution in [-0.4, -0.2) is 41.1 Å². The monoisotopic (exact) mass is 560 g/mol. The van der Waals surface area contributed by atoms with Crippen molar-refractivity contribution in [1.29, 1.82) is 0 Å². The third kappa shape index (κ3) is 7.43. The van der Waals surface area contributed by atoms with Gasteiger partial charge in [-0.3, -0.25) is 4.79 Å². The van der Waals surface area contributed by atoms with Gasteiger partial charge in [-0.05, 0) is 73.6 Å². The number of carbonyl (C=O) groups is 1. The Hall–Kier alpha value is -3.36. The van der Waals surface area contributed by atoms with Crippen LogP contribution >= 0.6 is 0 Å². The number of imidazole rings is 1. The van der Waals surface area contributed by atoms with Crippen LogP contribution in [0.3, 0.4) is 0 Å². The Kier molecular flexibility index (Phi) is 9.21. The summed E-state index contributed by atoms with van der Waals surface area (Å²) in [5.41, 5.74) is 9.56. The van der Waals surface area contributed by atoms with Gasteiger partial charge in [-0.1, -0.05) is 51.1 Å². The fraction of sp³-hybridized carbons (Fsp3) is 0.438. The van der Waals surface area contributed by atoms with Gasteiger partial charge in [-0.25, -0.2) is 4.98 Å². The molecule has 0 bridgehead atoms. The summed E-state index contributed by atoms with van der Waals surface area (Å²) in [6.07, 6.45) is 7.06. The van der Waals surface area contributed by atoms with E-state index in [1.54, 1.807) is 12.5 Å². The molecule has 1 unspecified atom stereocenters. The molecule has 0 saturated heterocycles. The zero-order valence-corrected chi connectivity index (χ0v) is 25.8. The van der Waals surface area contributed by atoms with Crippen molar-refractivity contribution in [3.63, 3.8) is 0 Å². The van der Waals surface area contributed by atoms with Gasteiger partial charge in [0.05, 0.1) is 19.0 Å². The van der Waals surface area contributed by atoms with E-state index in [0.717, 1.165) is 31.4 Å². The molecule has 40 heavy (non-hydrogen) atoms. The summed E-state index contributed by atoms with van der Waals surface area (Å²) < 4.78 is 17.1. The number of amides is 1. The molecule has 0 saturated carbocycles. The van der Waals surface area contributed by atoms with Crippen LogP contribution in [0, 0.1) is 0 Å². The van der Waals surface area contributed by atoms with Crippen LogP contribution < -0.4 is 10.5 Å². The van der Waals surface area contributed by atoms with E-state index in [1.807, 2.05) is 4.57 Å². The SMILES string of the molecule is Cn1c(CCc2ccccc2)cc2cc(OCCCC(Cn3cnc(C(N)=O)c3)O[Si](C)(C)C(C)(C)C)ccc21. The maximum atomic E-state index is 11.5. The maximum absolute atomic E-state index is 11.5. The minimum absolute atomic E-state index is 0.0109. The summed E-state index contributed by atoms with van der Waals surface area (Å²) in [5.74, 6) is 0.364. The average Bonchev–Trinajstić information content (AvgIpc) is 3.49. The second kappa shape index (κ2) is 12.4. The first kappa shape index (κ1) is 29.6. The van der Waals surface area contributed by atoms with Crippen LogP contribution in [0.2, 0.25) is 18.1 Å². The summed E-state index contributed by atoms with van der Waals surface area (Å²) in [6.45, 7) is 12.5. The van der Waals surface area contributed by atoms with Gasteiger partial charge in [0.2, 0.25) is 0 Å². The van der Waals surface area contributed by atoms with E-state index in [9.17, 15) is 4.79 Å². The molecular weight excluding hydrogens is 516 g/mol. The second-order valence-electron chi connectivity index (χ2n) is 12.2. The van der Waals surface area contributed by atoms with E-state index in [0.29, 0.717) is 13.2 Å². The van der Waals surface area contributed by atoms with Gasteiger partial charge in [-0.15, -0.1) is 0 Å². The molecule has 0 aliphatic heterocycles. The number of rotatable bonds is 13. The normalized spacial score (nSPS) is 13.1. The zero-order valence-electron chi connectivity index (χ0n) is 24.8. The molecule has 4 aromatic rings. The molecule has 0 aliphatic carbocycles. The van der Waals surface area contributed by atoms with Crippen molar-refractivity contribution >= 4 is 25.1 Å². The fourth-order valence-electron chi connectivity index (χ4n) is 4.74. The molecule has 4 rings (SSSR count). The van der Waals surface area contributed by atoms with E-state index < -0.39 is 14.2 Å². The largest absolute Gasteiger partial charge is 0.494 e. The smallest absolute Gasteiger partial charge is 0.268 e. The summed E-state index contributed by atoms with van der Waals surface area (Å²) >= 11 is 0. The van der Waals surface area contributed by atoms with Gasteiger partial charge in [0.15, 0.2) is 8.32 Å². The first-order chi connectivity index (χ1) is 18.9. The predicted molar refractivity (Wildman–Crippen MR) is 164 cm³/mol. The van der Waals surface area contributed by atoms with E-state index in [2.05, 4.69) is 105 Å². The Morgan fingerprint density at radius 2 is 1.82 bits per heavy atom. The molecule has 0 aliphatic rings. The number of ether oxygens (including phenoxy) is 1. The third-order valence-electron chi connectivity index (χ3n) is 8.13. The Morgan fingerprint density at radius 1 is 1.07 bits per heavy atom. The number of carbonyl (C=O) groups excluding carboxylic acids is 1. The van der Waals surface area contributed by atoms with E-state index >= 15 is 0 Å². The van der Waals surface area contributed by atoms with Gasteiger partial charge in [-0.2, -0.15) is 0 Å². The van der Waals surface area contributed by atoms with E-state index in [-0.39, 0.29) is 16.8 Å². The van der Waals surface area contributed by atoms with Crippen molar-refractivity contribution in [3.8, 4) is 5.75 Å². The predicted octanol–water partition coefficient (Wildman–Crippen LogP) is 6.51. The quantitative estimate of drug-likeness (QED) is 0.149. The van der Waals surface area contributed by atoms with Crippen molar-refractivity contribution in [3.05, 3.63) is 84.1 Å². The second-order valence-corrected chi connectivity index (χ2v) is 17.0. The Labute approximate surface area is 239 Å². The number of aryl methyl sites for hydroxylation is 3. The number of hydrogen-bond acceptors (Lipinski definition) is 4. The number of aromatic nitrogens is 3. The Balaban J connectivity index is 1.36. The molecule has 2 aromatic carbocycles. The molecule has 8 heteroatoms. The van der Waals surface area contributed by atoms with Crippen molar-refractivity contribution < 1.29 is 14.0 Å². The Bertz CT molecular complexity index is 1420. The molecule has 0 spiro atoms. The molecule has 0 fully saturated rings. The third-order valence-corrected chi connectivity index (χ3v) is 12.7. The molecule has 0 radical (unpaired) electrons. The first-order valence-corrected chi connectivity index (χ1v) is 17.1. The lowest BCUT2D eigenvalue weighted by Crippen LogP contribution is -2.45. The summed E-state index contributed by atoms with van der Waals surface area (Å²) in [6, 6.07) is 19.2. The molecule has 2 heterocycles. The maximum Gasteiger partial charge on any atom is 0.268 e. The van der Waals surface area contributed by atoms with E-state index in [4.69, 9.17) is 14.9 Å². The minimum Gasteiger partial charge on any atom is -0.494 e. The highest BCUT2D eigenvalue weighted by molar-refractivity contribution is 6.74. The molecule has 2 N–H and O–H groups in total. The van der Waals surface area contributed by atoms with Gasteiger partial charge in [0.25, 0.3) is 5.91 Å². The summed E-state index contributed by atoms with van der Waals surface area (Å²) in [4.78, 5) is 15.6. The highest BCUT2D eigenvalue weighted by atomic mass is 28.4. The number of nitrogens with two attached hydrogens (primary N) is 1. The summed E-state index contributed by atoms with van der Waals surface area (Å²) in [7, 11) is 0.145. The number of nitrogens with zero attached hydrogens (tertiary/aromatic N) is 3. The van der Waals surface area contributed by atoms with Crippen molar-refractivity contribution in [2.75, 3.05) is 6.61 Å². The highest BCUT2D eigenvalue weighted by Gasteiger charge is 2.39. The lowest BCUT2D eigenvalue weighted by molar-refractivity contribution is 0.0995. The van der Waals surface area contributed by atoms with Crippen LogP contribution in [0.15, 0.2) is 67.1 Å². The fourth-order valence-corrected chi connectivity index (χ4v) is 6.11. The number of primary amides is 1. The van der Waals surface area contributed by atoms with Crippen molar-refractivity contribution in [2.24, 2.45) is 12.8 Å². The lowest BCUT2D eigenvalue weighted by Gasteiger charge is -2.39. The number of hydrogen-bond donors (Lipinski definition) is 1. The van der Waals surface area contributed by atoms with Crippen LogP contribution in [0.1, 0.15) is 55.4 Å². The van der Waals surface area contributed by atoms with Crippen LogP contribution in [0.4, 0.5) is 0 Å². The van der Waals surface area contributed by atoms with Gasteiger partial charge in [0.1, 0.15) is 11.4 Å². The van der Waals surface area contributed by atoms with E-state index in [1.165, 1.54) is 22.2 Å². The average molecular weight is 561 g/mol. The standard InChI is InChI=1S/C32H44N4O3Si/c1-32(2,3)40(5,6)39-28(21-36-22-29(31(33)37)34-23-36)13-10-18-38-27-16-17-30-25(20-27)19-26(35(30)4)15-14-24-11-8-7-9-12-24/h7-9,11-12,16-17,19-20,22-23,28H,10,13-15,18,21H2,1-6H3,(H2,33,37). The van der Waals surface area contributed by atoms with Crippen LogP contribution in [0.5, 0.6) is 5.75 Å². The Morgan fingerprint density at radius 3 is 2.50 bits per heavy atom. The van der Waals surface area contributed by atoms with Crippen molar-refractivity contribution in [1.82, 2.24) is 14.1 Å².